The molecule has 2 nitrogen and oxygen atoms in total. The van der Waals surface area contributed by atoms with Crippen LogP contribution >= 0.6 is 15.9 Å². The molecule has 1 aromatic rings. The van der Waals surface area contributed by atoms with Crippen LogP contribution in [0.5, 0.6) is 0 Å². The van der Waals surface area contributed by atoms with E-state index < -0.39 is 0 Å². The van der Waals surface area contributed by atoms with Crippen LogP contribution in [0, 0.1) is 0 Å². The second-order valence-corrected chi connectivity index (χ2v) is 5.59. The maximum absolute atomic E-state index is 5.87. The summed E-state index contributed by atoms with van der Waals surface area (Å²) in [6.07, 6.45) is 4.95. The van der Waals surface area contributed by atoms with Crippen LogP contribution in [-0.4, -0.2) is 13.1 Å². The molecule has 0 aliphatic rings. The first-order valence-electron chi connectivity index (χ1n) is 6.96. The van der Waals surface area contributed by atoms with Crippen molar-refractivity contribution in [3.63, 3.8) is 0 Å². The Morgan fingerprint density at radius 3 is 2.22 bits per heavy atom. The zero-order valence-electron chi connectivity index (χ0n) is 11.6. The highest BCUT2D eigenvalue weighted by Gasteiger charge is 2.10. The van der Waals surface area contributed by atoms with E-state index in [2.05, 4.69) is 52.9 Å². The molecular formula is C15H25BrN2. The van der Waals surface area contributed by atoms with Gasteiger partial charge in [-0.2, -0.15) is 0 Å². The predicted octanol–water partition coefficient (Wildman–Crippen LogP) is 4.31. The smallest absolute Gasteiger partial charge is 0.0412 e. The van der Waals surface area contributed by atoms with Crippen LogP contribution in [0.15, 0.2) is 22.7 Å². The van der Waals surface area contributed by atoms with Crippen molar-refractivity contribution in [2.24, 2.45) is 5.73 Å². The number of hydrogen-bond donors (Lipinski definition) is 1. The highest BCUT2D eigenvalue weighted by Crippen LogP contribution is 2.25. The van der Waals surface area contributed by atoms with Gasteiger partial charge in [0.1, 0.15) is 0 Å². The molecule has 1 rings (SSSR count). The van der Waals surface area contributed by atoms with Crippen LogP contribution in [-0.2, 0) is 6.54 Å². The number of nitrogens with two attached hydrogens (primary N) is 1. The first-order chi connectivity index (χ1) is 8.72. The summed E-state index contributed by atoms with van der Waals surface area (Å²) in [7, 11) is 0. The first kappa shape index (κ1) is 15.5. The van der Waals surface area contributed by atoms with E-state index >= 15 is 0 Å². The fourth-order valence-corrected chi connectivity index (χ4v) is 2.49. The molecule has 0 fully saturated rings. The van der Waals surface area contributed by atoms with Crippen molar-refractivity contribution in [3.8, 4) is 0 Å². The highest BCUT2D eigenvalue weighted by molar-refractivity contribution is 9.10. The average Bonchev–Trinajstić information content (AvgIpc) is 2.39. The summed E-state index contributed by atoms with van der Waals surface area (Å²) in [6.45, 7) is 7.34. The Morgan fingerprint density at radius 2 is 1.72 bits per heavy atom. The monoisotopic (exact) mass is 312 g/mol. The lowest BCUT2D eigenvalue weighted by Gasteiger charge is -2.27. The Hall–Kier alpha value is -0.540. The van der Waals surface area contributed by atoms with E-state index in [-0.39, 0.29) is 0 Å². The summed E-state index contributed by atoms with van der Waals surface area (Å²) in [4.78, 5) is 2.49. The third-order valence-corrected chi connectivity index (χ3v) is 3.66. The van der Waals surface area contributed by atoms with Crippen LogP contribution in [0.2, 0.25) is 0 Å². The Labute approximate surface area is 120 Å². The third kappa shape index (κ3) is 4.62. The molecule has 3 heteroatoms. The molecular weight excluding hydrogens is 288 g/mol. The van der Waals surface area contributed by atoms with Crippen molar-refractivity contribution >= 4 is 21.6 Å². The van der Waals surface area contributed by atoms with E-state index in [1.165, 1.54) is 36.9 Å². The number of benzene rings is 1. The van der Waals surface area contributed by atoms with E-state index in [1.807, 2.05) is 0 Å². The van der Waals surface area contributed by atoms with Crippen molar-refractivity contribution in [2.45, 2.75) is 46.1 Å². The molecule has 102 valence electrons. The van der Waals surface area contributed by atoms with E-state index in [1.54, 1.807) is 0 Å². The molecule has 0 saturated heterocycles. The van der Waals surface area contributed by atoms with Crippen LogP contribution in [0.25, 0.3) is 0 Å². The van der Waals surface area contributed by atoms with Crippen molar-refractivity contribution < 1.29 is 0 Å². The molecule has 0 aliphatic heterocycles. The van der Waals surface area contributed by atoms with Gasteiger partial charge in [0.15, 0.2) is 0 Å². The van der Waals surface area contributed by atoms with Crippen LogP contribution in [0.4, 0.5) is 5.69 Å². The average molecular weight is 313 g/mol. The summed E-state index contributed by atoms with van der Waals surface area (Å²) in [5.74, 6) is 0. The van der Waals surface area contributed by atoms with Gasteiger partial charge in [0.25, 0.3) is 0 Å². The number of anilines is 1. The lowest BCUT2D eigenvalue weighted by molar-refractivity contribution is 0.675. The van der Waals surface area contributed by atoms with Gasteiger partial charge in [0.2, 0.25) is 0 Å². The third-order valence-electron chi connectivity index (χ3n) is 3.17. The first-order valence-corrected chi connectivity index (χ1v) is 7.75. The van der Waals surface area contributed by atoms with E-state index in [9.17, 15) is 0 Å². The fourth-order valence-electron chi connectivity index (χ4n) is 2.08. The van der Waals surface area contributed by atoms with Crippen molar-refractivity contribution in [3.05, 3.63) is 28.2 Å². The molecule has 2 N–H and O–H groups in total. The molecule has 0 unspecified atom stereocenters. The van der Waals surface area contributed by atoms with Gasteiger partial charge in [0, 0.05) is 29.8 Å². The topological polar surface area (TPSA) is 29.3 Å². The van der Waals surface area contributed by atoms with E-state index in [0.29, 0.717) is 6.54 Å². The van der Waals surface area contributed by atoms with Crippen molar-refractivity contribution in [1.29, 1.82) is 0 Å². The standard InChI is InChI=1S/C15H25BrN2/c1-3-5-9-18(10-6-4-2)15-8-7-14(16)11-13(15)12-17/h7-8,11H,3-6,9-10,12,17H2,1-2H3. The quantitative estimate of drug-likeness (QED) is 0.774. The summed E-state index contributed by atoms with van der Waals surface area (Å²) in [5, 5.41) is 0. The molecule has 0 atom stereocenters. The van der Waals surface area contributed by atoms with Gasteiger partial charge in [-0.25, -0.2) is 0 Å². The molecule has 0 spiro atoms. The second kappa shape index (κ2) is 8.54. The molecule has 0 amide bonds. The number of nitrogens with zero attached hydrogens (tertiary/aromatic N) is 1. The molecule has 0 bridgehead atoms. The molecule has 0 saturated carbocycles. The largest absolute Gasteiger partial charge is 0.371 e. The lowest BCUT2D eigenvalue weighted by Crippen LogP contribution is -2.27. The number of halogens is 1. The molecule has 0 heterocycles. The van der Waals surface area contributed by atoms with E-state index in [4.69, 9.17) is 5.73 Å². The summed E-state index contributed by atoms with van der Waals surface area (Å²) < 4.78 is 1.11. The van der Waals surface area contributed by atoms with Crippen molar-refractivity contribution in [2.75, 3.05) is 18.0 Å². The van der Waals surface area contributed by atoms with Gasteiger partial charge in [-0.3, -0.25) is 0 Å². The Balaban J connectivity index is 2.88. The van der Waals surface area contributed by atoms with Gasteiger partial charge >= 0.3 is 0 Å². The molecule has 0 radical (unpaired) electrons. The number of hydrogen-bond acceptors (Lipinski definition) is 2. The summed E-state index contributed by atoms with van der Waals surface area (Å²) in [6, 6.07) is 6.44. The minimum absolute atomic E-state index is 0.601. The zero-order chi connectivity index (χ0) is 13.4. The van der Waals surface area contributed by atoms with Gasteiger partial charge in [-0.05, 0) is 36.6 Å². The minimum atomic E-state index is 0.601. The molecule has 0 aliphatic carbocycles. The number of unbranched alkanes of at least 4 members (excludes halogenated alkanes) is 2. The van der Waals surface area contributed by atoms with Gasteiger partial charge in [0.05, 0.1) is 0 Å². The normalized spacial score (nSPS) is 10.7. The Morgan fingerprint density at radius 1 is 1.11 bits per heavy atom. The van der Waals surface area contributed by atoms with Crippen molar-refractivity contribution in [1.82, 2.24) is 0 Å². The van der Waals surface area contributed by atoms with Crippen LogP contribution < -0.4 is 10.6 Å². The van der Waals surface area contributed by atoms with Crippen LogP contribution in [0.3, 0.4) is 0 Å². The second-order valence-electron chi connectivity index (χ2n) is 4.67. The summed E-state index contributed by atoms with van der Waals surface area (Å²) >= 11 is 3.52. The molecule has 18 heavy (non-hydrogen) atoms. The Kier molecular flexibility index (Phi) is 7.36. The van der Waals surface area contributed by atoms with E-state index in [0.717, 1.165) is 17.6 Å². The maximum Gasteiger partial charge on any atom is 0.0412 e. The highest BCUT2D eigenvalue weighted by atomic mass is 79.9. The zero-order valence-corrected chi connectivity index (χ0v) is 13.2. The minimum Gasteiger partial charge on any atom is -0.371 e. The lowest BCUT2D eigenvalue weighted by atomic mass is 10.1. The fraction of sp³-hybridized carbons (Fsp3) is 0.600. The summed E-state index contributed by atoms with van der Waals surface area (Å²) in [5.41, 5.74) is 8.41. The Bertz CT molecular complexity index is 344. The SMILES string of the molecule is CCCCN(CCCC)c1ccc(Br)cc1CN. The number of rotatable bonds is 8. The maximum atomic E-state index is 5.87. The predicted molar refractivity (Wildman–Crippen MR) is 84.1 cm³/mol. The molecule has 1 aromatic carbocycles. The van der Waals surface area contributed by atoms with Gasteiger partial charge in [-0.1, -0.05) is 42.6 Å². The van der Waals surface area contributed by atoms with Gasteiger partial charge < -0.3 is 10.6 Å². The van der Waals surface area contributed by atoms with Crippen LogP contribution in [0.1, 0.15) is 45.1 Å². The molecule has 0 aromatic heterocycles. The van der Waals surface area contributed by atoms with Gasteiger partial charge in [-0.15, -0.1) is 0 Å².